The first-order valence-electron chi connectivity index (χ1n) is 7.25. The summed E-state index contributed by atoms with van der Waals surface area (Å²) in [5, 5.41) is 0.151. The summed E-state index contributed by atoms with van der Waals surface area (Å²) in [5.41, 5.74) is 4.98. The summed E-state index contributed by atoms with van der Waals surface area (Å²) in [7, 11) is 3.12. The fraction of sp³-hybridized carbons (Fsp3) is 0.500. The molecule has 0 saturated heterocycles. The summed E-state index contributed by atoms with van der Waals surface area (Å²) in [6.07, 6.45) is -0.881. The maximum absolute atomic E-state index is 12.2. The van der Waals surface area contributed by atoms with Crippen LogP contribution in [0.25, 0.3) is 0 Å². The molecule has 0 radical (unpaired) electrons. The van der Waals surface area contributed by atoms with Gasteiger partial charge in [0.2, 0.25) is 5.91 Å². The summed E-state index contributed by atoms with van der Waals surface area (Å²) in [6, 6.07) is 5.37. The summed E-state index contributed by atoms with van der Waals surface area (Å²) in [4.78, 5) is 24.8. The molecule has 0 aliphatic carbocycles. The first-order valence-corrected chi connectivity index (χ1v) is 8.37. The number of halogens is 1. The van der Waals surface area contributed by atoms with Gasteiger partial charge in [-0.25, -0.2) is 4.79 Å². The van der Waals surface area contributed by atoms with Crippen molar-refractivity contribution < 1.29 is 23.8 Å². The molecule has 2 N–H and O–H groups in total. The normalized spacial score (nSPS) is 10.9. The Kier molecular flexibility index (Phi) is 7.34. The molecule has 24 heavy (non-hydrogen) atoms. The molecule has 0 bridgehead atoms. The van der Waals surface area contributed by atoms with E-state index in [-0.39, 0.29) is 17.8 Å². The number of ether oxygens (including phenoxy) is 3. The lowest BCUT2D eigenvalue weighted by molar-refractivity contribution is -0.132. The predicted molar refractivity (Wildman–Crippen MR) is 93.5 cm³/mol. The Morgan fingerprint density at radius 2 is 1.92 bits per heavy atom. The summed E-state index contributed by atoms with van der Waals surface area (Å²) in [5.74, 6) is 1.12. The van der Waals surface area contributed by atoms with E-state index in [0.717, 1.165) is 5.56 Å². The van der Waals surface area contributed by atoms with Crippen LogP contribution in [0.3, 0.4) is 0 Å². The standard InChI is InChI=1S/C16H23BrN2O5/c1-16(2,24-15(18)21)10-19(14(20)8-17)9-11-5-6-12(22-3)7-13(11)23-4/h5-7H,8-10H2,1-4H3,(H2,18,21). The molecular weight excluding hydrogens is 380 g/mol. The lowest BCUT2D eigenvalue weighted by atomic mass is 10.1. The Morgan fingerprint density at radius 3 is 2.42 bits per heavy atom. The Balaban J connectivity index is 3.02. The van der Waals surface area contributed by atoms with Crippen LogP contribution < -0.4 is 15.2 Å². The summed E-state index contributed by atoms with van der Waals surface area (Å²) < 4.78 is 15.6. The van der Waals surface area contributed by atoms with Gasteiger partial charge < -0.3 is 24.8 Å². The first kappa shape index (κ1) is 20.1. The van der Waals surface area contributed by atoms with Gasteiger partial charge in [-0.15, -0.1) is 0 Å². The molecule has 2 amide bonds. The number of hydrogen-bond acceptors (Lipinski definition) is 5. The zero-order valence-corrected chi connectivity index (χ0v) is 15.9. The van der Waals surface area contributed by atoms with Crippen LogP contribution in [-0.2, 0) is 16.1 Å². The number of nitrogens with zero attached hydrogens (tertiary/aromatic N) is 1. The van der Waals surface area contributed by atoms with E-state index >= 15 is 0 Å². The number of alkyl halides is 1. The number of benzene rings is 1. The fourth-order valence-electron chi connectivity index (χ4n) is 2.27. The van der Waals surface area contributed by atoms with Gasteiger partial charge in [-0.05, 0) is 26.0 Å². The highest BCUT2D eigenvalue weighted by atomic mass is 79.9. The Labute approximate surface area is 150 Å². The molecular formula is C16H23BrN2O5. The van der Waals surface area contributed by atoms with Crippen molar-refractivity contribution in [1.29, 1.82) is 0 Å². The van der Waals surface area contributed by atoms with E-state index in [0.29, 0.717) is 18.0 Å². The van der Waals surface area contributed by atoms with Crippen LogP contribution in [0.4, 0.5) is 4.79 Å². The largest absolute Gasteiger partial charge is 0.497 e. The minimum absolute atomic E-state index is 0.144. The number of carbonyl (C=O) groups is 2. The monoisotopic (exact) mass is 402 g/mol. The third-order valence-electron chi connectivity index (χ3n) is 3.27. The average molecular weight is 403 g/mol. The van der Waals surface area contributed by atoms with E-state index in [9.17, 15) is 9.59 Å². The highest BCUT2D eigenvalue weighted by molar-refractivity contribution is 9.09. The number of hydrogen-bond donors (Lipinski definition) is 1. The van der Waals surface area contributed by atoms with E-state index in [4.69, 9.17) is 19.9 Å². The molecule has 0 heterocycles. The van der Waals surface area contributed by atoms with E-state index in [1.807, 2.05) is 6.07 Å². The maximum Gasteiger partial charge on any atom is 0.405 e. The van der Waals surface area contributed by atoms with Gasteiger partial charge >= 0.3 is 6.09 Å². The van der Waals surface area contributed by atoms with Gasteiger partial charge in [0.25, 0.3) is 0 Å². The van der Waals surface area contributed by atoms with E-state index in [2.05, 4.69) is 15.9 Å². The van der Waals surface area contributed by atoms with Crippen molar-refractivity contribution in [1.82, 2.24) is 4.90 Å². The molecule has 0 aliphatic rings. The summed E-state index contributed by atoms with van der Waals surface area (Å²) in [6.45, 7) is 3.87. The van der Waals surface area contributed by atoms with Gasteiger partial charge in [-0.1, -0.05) is 15.9 Å². The van der Waals surface area contributed by atoms with Crippen molar-refractivity contribution >= 4 is 27.9 Å². The van der Waals surface area contributed by atoms with Crippen molar-refractivity contribution in [2.75, 3.05) is 26.1 Å². The second-order valence-electron chi connectivity index (χ2n) is 5.74. The van der Waals surface area contributed by atoms with E-state index in [1.165, 1.54) is 0 Å². The van der Waals surface area contributed by atoms with Crippen molar-refractivity contribution in [3.05, 3.63) is 23.8 Å². The number of carbonyl (C=O) groups excluding carboxylic acids is 2. The molecule has 7 nitrogen and oxygen atoms in total. The maximum atomic E-state index is 12.2. The van der Waals surface area contributed by atoms with Crippen LogP contribution >= 0.6 is 15.9 Å². The fourth-order valence-corrected chi connectivity index (χ4v) is 2.62. The number of nitrogens with two attached hydrogens (primary N) is 1. The van der Waals surface area contributed by atoms with Gasteiger partial charge in [-0.3, -0.25) is 4.79 Å². The van der Waals surface area contributed by atoms with Gasteiger partial charge in [0.05, 0.1) is 26.1 Å². The lowest BCUT2D eigenvalue weighted by Gasteiger charge is -2.32. The summed E-state index contributed by atoms with van der Waals surface area (Å²) >= 11 is 3.17. The zero-order valence-electron chi connectivity index (χ0n) is 14.3. The molecule has 1 aromatic carbocycles. The van der Waals surface area contributed by atoms with Crippen LogP contribution in [0.5, 0.6) is 11.5 Å². The van der Waals surface area contributed by atoms with Crippen molar-refractivity contribution in [3.8, 4) is 11.5 Å². The molecule has 0 saturated carbocycles. The number of rotatable bonds is 8. The highest BCUT2D eigenvalue weighted by Crippen LogP contribution is 2.26. The van der Waals surface area contributed by atoms with Gasteiger partial charge in [0.1, 0.15) is 17.1 Å². The van der Waals surface area contributed by atoms with Crippen molar-refractivity contribution in [2.24, 2.45) is 5.73 Å². The minimum atomic E-state index is -0.913. The number of amides is 2. The van der Waals surface area contributed by atoms with Crippen LogP contribution in [-0.4, -0.2) is 48.6 Å². The topological polar surface area (TPSA) is 91.1 Å². The second-order valence-corrected chi connectivity index (χ2v) is 6.30. The second kappa shape index (κ2) is 8.77. The molecule has 8 heteroatoms. The predicted octanol–water partition coefficient (Wildman–Crippen LogP) is 2.30. The Morgan fingerprint density at radius 1 is 1.25 bits per heavy atom. The molecule has 1 rings (SSSR count). The lowest BCUT2D eigenvalue weighted by Crippen LogP contribution is -2.45. The van der Waals surface area contributed by atoms with E-state index < -0.39 is 11.7 Å². The molecule has 0 spiro atoms. The Bertz CT molecular complexity index is 592. The highest BCUT2D eigenvalue weighted by Gasteiger charge is 2.28. The quantitative estimate of drug-likeness (QED) is 0.673. The number of primary amides is 1. The molecule has 0 aromatic heterocycles. The molecule has 0 fully saturated rings. The van der Waals surface area contributed by atoms with E-state index in [1.54, 1.807) is 45.1 Å². The number of methoxy groups -OCH3 is 2. The molecule has 0 unspecified atom stereocenters. The van der Waals surface area contributed by atoms with Crippen LogP contribution in [0.2, 0.25) is 0 Å². The SMILES string of the molecule is COc1ccc(CN(CC(C)(C)OC(N)=O)C(=O)CBr)c(OC)c1. The van der Waals surface area contributed by atoms with Gasteiger partial charge in [0, 0.05) is 18.2 Å². The average Bonchev–Trinajstić information content (AvgIpc) is 2.52. The van der Waals surface area contributed by atoms with Crippen LogP contribution in [0.15, 0.2) is 18.2 Å². The zero-order chi connectivity index (χ0) is 18.3. The molecule has 134 valence electrons. The van der Waals surface area contributed by atoms with Crippen molar-refractivity contribution in [3.63, 3.8) is 0 Å². The first-order chi connectivity index (χ1) is 11.2. The molecule has 1 aromatic rings. The van der Waals surface area contributed by atoms with Crippen molar-refractivity contribution in [2.45, 2.75) is 26.0 Å². The van der Waals surface area contributed by atoms with Gasteiger partial charge in [0.15, 0.2) is 0 Å². The third kappa shape index (κ3) is 5.92. The van der Waals surface area contributed by atoms with Crippen LogP contribution in [0.1, 0.15) is 19.4 Å². The molecule has 0 atom stereocenters. The smallest absolute Gasteiger partial charge is 0.405 e. The van der Waals surface area contributed by atoms with Crippen LogP contribution in [0, 0.1) is 0 Å². The van der Waals surface area contributed by atoms with Gasteiger partial charge in [-0.2, -0.15) is 0 Å². The minimum Gasteiger partial charge on any atom is -0.497 e. The molecule has 0 aliphatic heterocycles. The Hall–Kier alpha value is -1.96. The third-order valence-corrected chi connectivity index (χ3v) is 3.75.